The van der Waals surface area contributed by atoms with Crippen molar-refractivity contribution in [3.8, 4) is 0 Å². The molecule has 7 heteroatoms. The van der Waals surface area contributed by atoms with Crippen molar-refractivity contribution in [3.63, 3.8) is 0 Å². The molecule has 0 aliphatic carbocycles. The summed E-state index contributed by atoms with van der Waals surface area (Å²) >= 11 is 7.80. The molecule has 3 N–H and O–H groups in total. The van der Waals surface area contributed by atoms with Gasteiger partial charge in [-0.1, -0.05) is 41.4 Å². The van der Waals surface area contributed by atoms with Gasteiger partial charge in [0.15, 0.2) is 0 Å². The van der Waals surface area contributed by atoms with Crippen molar-refractivity contribution in [3.05, 3.63) is 63.5 Å². The Bertz CT molecular complexity index is 994. The molecule has 0 unspecified atom stereocenters. The van der Waals surface area contributed by atoms with Crippen LogP contribution in [-0.4, -0.2) is 17.8 Å². The highest BCUT2D eigenvalue weighted by molar-refractivity contribution is 7.21. The Labute approximate surface area is 173 Å². The molecule has 0 fully saturated rings. The predicted molar refractivity (Wildman–Crippen MR) is 119 cm³/mol. The van der Waals surface area contributed by atoms with Crippen LogP contribution in [0.3, 0.4) is 0 Å². The van der Waals surface area contributed by atoms with Crippen LogP contribution in [0.2, 0.25) is 5.02 Å². The first kappa shape index (κ1) is 21.2. The third kappa shape index (κ3) is 4.80. The number of fused-ring (bicyclic) bond motifs is 1. The molecule has 142 valence electrons. The Hall–Kier alpha value is -2.08. The first-order valence-electron chi connectivity index (χ1n) is 8.29. The SMILES string of the molecule is Cc1ccc(NC(=O)c2sc3cc(C(N)=NC(C)C)ccc3c2Cl)cc1.Cl. The van der Waals surface area contributed by atoms with Gasteiger partial charge in [-0.25, -0.2) is 0 Å². The fourth-order valence-electron chi connectivity index (χ4n) is 2.55. The number of halogens is 2. The lowest BCUT2D eigenvalue weighted by Crippen LogP contribution is -2.15. The molecule has 0 bridgehead atoms. The second kappa shape index (κ2) is 8.74. The fraction of sp³-hybridized carbons (Fsp3) is 0.200. The van der Waals surface area contributed by atoms with E-state index in [-0.39, 0.29) is 24.4 Å². The lowest BCUT2D eigenvalue weighted by molar-refractivity contribution is 0.103. The van der Waals surface area contributed by atoms with Crippen molar-refractivity contribution in [1.29, 1.82) is 0 Å². The molecule has 0 aliphatic rings. The minimum absolute atomic E-state index is 0. The van der Waals surface area contributed by atoms with E-state index in [9.17, 15) is 4.79 Å². The predicted octanol–water partition coefficient (Wildman–Crippen LogP) is 5.65. The highest BCUT2D eigenvalue weighted by Crippen LogP contribution is 2.36. The van der Waals surface area contributed by atoms with Crippen molar-refractivity contribution >= 4 is 62.9 Å². The topological polar surface area (TPSA) is 67.5 Å². The lowest BCUT2D eigenvalue weighted by atomic mass is 10.1. The number of amidine groups is 1. The van der Waals surface area contributed by atoms with Gasteiger partial charge in [0.2, 0.25) is 0 Å². The number of carbonyl (C=O) groups excluding carboxylic acids is 1. The zero-order chi connectivity index (χ0) is 18.8. The molecule has 3 rings (SSSR count). The minimum atomic E-state index is -0.217. The summed E-state index contributed by atoms with van der Waals surface area (Å²) in [5.41, 5.74) is 8.75. The number of hydrogen-bond donors (Lipinski definition) is 2. The Kier molecular flexibility index (Phi) is 6.87. The number of nitrogens with two attached hydrogens (primary N) is 1. The Balaban J connectivity index is 0.00000261. The van der Waals surface area contributed by atoms with Gasteiger partial charge in [0.25, 0.3) is 5.91 Å². The Morgan fingerprint density at radius 1 is 1.19 bits per heavy atom. The molecule has 0 radical (unpaired) electrons. The summed E-state index contributed by atoms with van der Waals surface area (Å²) in [5.74, 6) is 0.266. The largest absolute Gasteiger partial charge is 0.383 e. The molecule has 0 saturated carbocycles. The summed E-state index contributed by atoms with van der Waals surface area (Å²) in [5, 5.41) is 4.19. The molecule has 27 heavy (non-hydrogen) atoms. The van der Waals surface area contributed by atoms with E-state index in [1.54, 1.807) is 0 Å². The number of benzene rings is 2. The van der Waals surface area contributed by atoms with Gasteiger partial charge in [-0.05, 0) is 39.0 Å². The lowest BCUT2D eigenvalue weighted by Gasteiger charge is -2.04. The molecule has 4 nitrogen and oxygen atoms in total. The molecule has 0 atom stereocenters. The van der Waals surface area contributed by atoms with Crippen molar-refractivity contribution in [2.24, 2.45) is 10.7 Å². The smallest absolute Gasteiger partial charge is 0.267 e. The van der Waals surface area contributed by atoms with Crippen LogP contribution in [0.25, 0.3) is 10.1 Å². The van der Waals surface area contributed by atoms with Crippen LogP contribution in [-0.2, 0) is 0 Å². The molecule has 2 aromatic carbocycles. The zero-order valence-corrected chi connectivity index (χ0v) is 17.6. The summed E-state index contributed by atoms with van der Waals surface area (Å²) in [6, 6.07) is 13.4. The molecule has 0 saturated heterocycles. The van der Waals surface area contributed by atoms with Crippen molar-refractivity contribution in [2.75, 3.05) is 5.32 Å². The minimum Gasteiger partial charge on any atom is -0.383 e. The molecule has 1 amide bonds. The number of carbonyl (C=O) groups is 1. The third-order valence-electron chi connectivity index (χ3n) is 3.84. The number of aliphatic imine (C=N–C) groups is 1. The van der Waals surface area contributed by atoms with Crippen LogP contribution in [0.5, 0.6) is 0 Å². The maximum Gasteiger partial charge on any atom is 0.267 e. The normalized spacial score (nSPS) is 11.5. The molecule has 0 aliphatic heterocycles. The van der Waals surface area contributed by atoms with E-state index < -0.39 is 0 Å². The van der Waals surface area contributed by atoms with Gasteiger partial charge in [0, 0.05) is 27.4 Å². The first-order chi connectivity index (χ1) is 12.3. The molecule has 1 heterocycles. The molecular formula is C20H21Cl2N3OS. The van der Waals surface area contributed by atoms with Crippen LogP contribution < -0.4 is 11.1 Å². The Morgan fingerprint density at radius 3 is 2.48 bits per heavy atom. The highest BCUT2D eigenvalue weighted by Gasteiger charge is 2.18. The van der Waals surface area contributed by atoms with Crippen molar-refractivity contribution in [2.45, 2.75) is 26.8 Å². The number of hydrogen-bond acceptors (Lipinski definition) is 3. The van der Waals surface area contributed by atoms with E-state index in [1.165, 1.54) is 11.3 Å². The van der Waals surface area contributed by atoms with Crippen LogP contribution in [0.4, 0.5) is 5.69 Å². The molecule has 3 aromatic rings. The van der Waals surface area contributed by atoms with E-state index >= 15 is 0 Å². The maximum atomic E-state index is 12.6. The number of rotatable bonds is 4. The highest BCUT2D eigenvalue weighted by atomic mass is 35.5. The maximum absolute atomic E-state index is 12.6. The number of nitrogens with one attached hydrogen (secondary N) is 1. The average molecular weight is 422 g/mol. The second-order valence-corrected chi connectivity index (χ2v) is 7.81. The van der Waals surface area contributed by atoms with Gasteiger partial charge in [-0.3, -0.25) is 9.79 Å². The van der Waals surface area contributed by atoms with Crippen LogP contribution in [0.1, 0.15) is 34.6 Å². The van der Waals surface area contributed by atoms with Gasteiger partial charge >= 0.3 is 0 Å². The fourth-order valence-corrected chi connectivity index (χ4v) is 4.00. The molecular weight excluding hydrogens is 401 g/mol. The zero-order valence-electron chi connectivity index (χ0n) is 15.2. The van der Waals surface area contributed by atoms with E-state index in [4.69, 9.17) is 17.3 Å². The van der Waals surface area contributed by atoms with Crippen LogP contribution in [0.15, 0.2) is 47.5 Å². The van der Waals surface area contributed by atoms with E-state index in [2.05, 4.69) is 10.3 Å². The van der Waals surface area contributed by atoms with Gasteiger partial charge in [-0.2, -0.15) is 0 Å². The van der Waals surface area contributed by atoms with Gasteiger partial charge in [0.05, 0.1) is 5.02 Å². The summed E-state index contributed by atoms with van der Waals surface area (Å²) in [7, 11) is 0. The number of aryl methyl sites for hydroxylation is 1. The van der Waals surface area contributed by atoms with Gasteiger partial charge < -0.3 is 11.1 Å². The third-order valence-corrected chi connectivity index (χ3v) is 5.49. The van der Waals surface area contributed by atoms with Gasteiger partial charge in [-0.15, -0.1) is 23.7 Å². The summed E-state index contributed by atoms with van der Waals surface area (Å²) < 4.78 is 0.906. The monoisotopic (exact) mass is 421 g/mol. The number of anilines is 1. The standard InChI is InChI=1S/C20H20ClN3OS.ClH/c1-11(2)23-19(22)13-6-9-15-16(10-13)26-18(17(15)21)20(25)24-14-7-4-12(3)5-8-14;/h4-11H,1-3H3,(H2,22,23)(H,24,25);1H. The van der Waals surface area contributed by atoms with E-state index in [0.29, 0.717) is 15.7 Å². The van der Waals surface area contributed by atoms with Crippen molar-refractivity contribution in [1.82, 2.24) is 0 Å². The van der Waals surface area contributed by atoms with Gasteiger partial charge in [0.1, 0.15) is 10.7 Å². The Morgan fingerprint density at radius 2 is 1.85 bits per heavy atom. The quantitative estimate of drug-likeness (QED) is 0.421. The summed E-state index contributed by atoms with van der Waals surface area (Å²) in [4.78, 5) is 17.5. The first-order valence-corrected chi connectivity index (χ1v) is 9.48. The average Bonchev–Trinajstić information content (AvgIpc) is 2.93. The van der Waals surface area contributed by atoms with Crippen LogP contribution >= 0.6 is 35.3 Å². The number of amides is 1. The summed E-state index contributed by atoms with van der Waals surface area (Å²) in [6.07, 6.45) is 0. The van der Waals surface area contributed by atoms with E-state index in [1.807, 2.05) is 63.2 Å². The van der Waals surface area contributed by atoms with Crippen molar-refractivity contribution < 1.29 is 4.79 Å². The van der Waals surface area contributed by atoms with Crippen LogP contribution in [0, 0.1) is 6.92 Å². The molecule has 1 aromatic heterocycles. The number of thiophene rings is 1. The molecule has 0 spiro atoms. The number of nitrogens with zero attached hydrogens (tertiary/aromatic N) is 1. The summed E-state index contributed by atoms with van der Waals surface area (Å²) in [6.45, 7) is 5.95. The second-order valence-electron chi connectivity index (χ2n) is 6.38. The van der Waals surface area contributed by atoms with E-state index in [0.717, 1.165) is 26.9 Å².